The first-order valence-corrected chi connectivity index (χ1v) is 8.34. The zero-order valence-electron chi connectivity index (χ0n) is 14.4. The lowest BCUT2D eigenvalue weighted by atomic mass is 10.1. The lowest BCUT2D eigenvalue weighted by Crippen LogP contribution is -2.47. The van der Waals surface area contributed by atoms with Crippen LogP contribution in [0.2, 0.25) is 0 Å². The molecule has 0 aliphatic carbocycles. The van der Waals surface area contributed by atoms with Crippen LogP contribution in [0.15, 0.2) is 82.4 Å². The summed E-state index contributed by atoms with van der Waals surface area (Å²) in [4.78, 5) is 6.69. The van der Waals surface area contributed by atoms with E-state index in [1.54, 1.807) is 13.4 Å². The second-order valence-corrected chi connectivity index (χ2v) is 5.91. The molecule has 1 aromatic heterocycles. The number of nitrogens with zero attached hydrogens (tertiary/aromatic N) is 2. The summed E-state index contributed by atoms with van der Waals surface area (Å²) >= 11 is 0. The van der Waals surface area contributed by atoms with Crippen LogP contribution in [-0.4, -0.2) is 13.3 Å². The van der Waals surface area contributed by atoms with Crippen molar-refractivity contribution < 1.29 is 9.15 Å². The van der Waals surface area contributed by atoms with E-state index in [0.29, 0.717) is 11.4 Å². The Morgan fingerprint density at radius 1 is 1.08 bits per heavy atom. The Labute approximate surface area is 151 Å². The Morgan fingerprint density at radius 2 is 1.85 bits per heavy atom. The average Bonchev–Trinajstić information content (AvgIpc) is 3.16. The second kappa shape index (κ2) is 6.80. The zero-order valence-corrected chi connectivity index (χ0v) is 14.4. The van der Waals surface area contributed by atoms with E-state index >= 15 is 0 Å². The maximum absolute atomic E-state index is 6.45. The lowest BCUT2D eigenvalue weighted by molar-refractivity contribution is 0.415. The van der Waals surface area contributed by atoms with E-state index in [2.05, 4.69) is 0 Å². The first-order valence-electron chi connectivity index (χ1n) is 8.34. The topological polar surface area (TPSA) is 64.0 Å². The highest BCUT2D eigenvalue weighted by Crippen LogP contribution is 2.25. The van der Waals surface area contributed by atoms with Crippen LogP contribution in [0.5, 0.6) is 5.75 Å². The Balaban J connectivity index is 1.77. The van der Waals surface area contributed by atoms with E-state index in [9.17, 15) is 0 Å². The largest absolute Gasteiger partial charge is 0.497 e. The summed E-state index contributed by atoms with van der Waals surface area (Å²) in [6.45, 7) is 0. The number of anilines is 1. The highest BCUT2D eigenvalue weighted by molar-refractivity contribution is 5.69. The maximum atomic E-state index is 6.45. The van der Waals surface area contributed by atoms with Crippen molar-refractivity contribution in [3.63, 3.8) is 0 Å². The molecule has 4 rings (SSSR count). The molecule has 0 saturated carbocycles. The fraction of sp³-hybridized carbons (Fsp3) is 0.0952. The molecule has 3 aromatic rings. The Kier molecular flexibility index (Phi) is 4.19. The van der Waals surface area contributed by atoms with Crippen molar-refractivity contribution in [2.24, 2.45) is 10.7 Å². The third-order valence-electron chi connectivity index (χ3n) is 4.31. The SMILES string of the molecule is COc1ccc(N2C(N)=c3ccoc3=NC2C=Cc2ccccc2)cc1. The molecule has 2 N–H and O–H groups in total. The van der Waals surface area contributed by atoms with Crippen molar-refractivity contribution >= 4 is 17.6 Å². The first kappa shape index (κ1) is 16.0. The van der Waals surface area contributed by atoms with Crippen molar-refractivity contribution in [2.75, 3.05) is 12.0 Å². The number of fused-ring (bicyclic) bond motifs is 1. The summed E-state index contributed by atoms with van der Waals surface area (Å²) in [7, 11) is 1.65. The number of nitrogens with two attached hydrogens (primary N) is 1. The van der Waals surface area contributed by atoms with E-state index in [-0.39, 0.29) is 6.17 Å². The molecule has 1 unspecified atom stereocenters. The number of hydrogen-bond donors (Lipinski definition) is 1. The van der Waals surface area contributed by atoms with Crippen LogP contribution in [0.25, 0.3) is 11.9 Å². The second-order valence-electron chi connectivity index (χ2n) is 5.91. The van der Waals surface area contributed by atoms with Gasteiger partial charge < -0.3 is 19.8 Å². The summed E-state index contributed by atoms with van der Waals surface area (Å²) < 4.78 is 10.7. The van der Waals surface area contributed by atoms with Crippen LogP contribution >= 0.6 is 0 Å². The van der Waals surface area contributed by atoms with Gasteiger partial charge in [0.05, 0.1) is 18.6 Å². The molecule has 26 heavy (non-hydrogen) atoms. The Bertz CT molecular complexity index is 1040. The predicted octanol–water partition coefficient (Wildman–Crippen LogP) is 2.49. The molecule has 0 amide bonds. The van der Waals surface area contributed by atoms with Crippen molar-refractivity contribution in [1.29, 1.82) is 0 Å². The van der Waals surface area contributed by atoms with E-state index in [0.717, 1.165) is 22.2 Å². The molecule has 0 bridgehead atoms. The predicted molar refractivity (Wildman–Crippen MR) is 102 cm³/mol. The Morgan fingerprint density at radius 3 is 2.58 bits per heavy atom. The molecule has 1 aliphatic heterocycles. The number of furan rings is 1. The van der Waals surface area contributed by atoms with Gasteiger partial charge in [-0.3, -0.25) is 0 Å². The van der Waals surface area contributed by atoms with E-state index in [4.69, 9.17) is 19.9 Å². The zero-order chi connectivity index (χ0) is 17.9. The molecule has 1 aliphatic rings. The highest BCUT2D eigenvalue weighted by atomic mass is 16.5. The standard InChI is InChI=1S/C21H19N3O2/c1-25-17-10-8-16(9-11-17)24-19(12-7-15-5-3-2-4-6-15)23-21-18(20(24)22)13-14-26-21/h2-14,19H,22H2,1H3. The minimum Gasteiger partial charge on any atom is -0.497 e. The van der Waals surface area contributed by atoms with Gasteiger partial charge >= 0.3 is 0 Å². The van der Waals surface area contributed by atoms with E-state index in [1.165, 1.54) is 0 Å². The Hall–Kier alpha value is -3.47. The first-order chi connectivity index (χ1) is 12.8. The van der Waals surface area contributed by atoms with Gasteiger partial charge in [-0.2, -0.15) is 0 Å². The molecule has 0 radical (unpaired) electrons. The van der Waals surface area contributed by atoms with Gasteiger partial charge in [0.15, 0.2) is 0 Å². The molecule has 5 nitrogen and oxygen atoms in total. The molecule has 130 valence electrons. The van der Waals surface area contributed by atoms with E-state index < -0.39 is 0 Å². The van der Waals surface area contributed by atoms with Gasteiger partial charge in [0.25, 0.3) is 0 Å². The van der Waals surface area contributed by atoms with Crippen molar-refractivity contribution in [3.8, 4) is 5.75 Å². The summed E-state index contributed by atoms with van der Waals surface area (Å²) in [6, 6.07) is 19.7. The third-order valence-corrected chi connectivity index (χ3v) is 4.31. The van der Waals surface area contributed by atoms with Crippen LogP contribution in [0.1, 0.15) is 5.56 Å². The summed E-state index contributed by atoms with van der Waals surface area (Å²) in [5.41, 5.74) is 9.04. The summed E-state index contributed by atoms with van der Waals surface area (Å²) in [5, 5.41) is 0.796. The van der Waals surface area contributed by atoms with Crippen molar-refractivity contribution in [1.82, 2.24) is 0 Å². The van der Waals surface area contributed by atoms with Crippen LogP contribution in [-0.2, 0) is 0 Å². The van der Waals surface area contributed by atoms with Gasteiger partial charge in [0.1, 0.15) is 17.7 Å². The quantitative estimate of drug-likeness (QED) is 0.789. The fourth-order valence-electron chi connectivity index (χ4n) is 2.97. The fourth-order valence-corrected chi connectivity index (χ4v) is 2.97. The van der Waals surface area contributed by atoms with Crippen molar-refractivity contribution in [3.05, 3.63) is 89.3 Å². The van der Waals surface area contributed by atoms with Crippen LogP contribution in [0.3, 0.4) is 0 Å². The van der Waals surface area contributed by atoms with Crippen LogP contribution in [0.4, 0.5) is 5.69 Å². The monoisotopic (exact) mass is 345 g/mol. The van der Waals surface area contributed by atoms with Gasteiger partial charge in [0, 0.05) is 5.69 Å². The molecule has 5 heteroatoms. The lowest BCUT2D eigenvalue weighted by Gasteiger charge is -2.30. The normalized spacial score (nSPS) is 16.4. The summed E-state index contributed by atoms with van der Waals surface area (Å²) in [5.74, 6) is 1.40. The van der Waals surface area contributed by atoms with Gasteiger partial charge in [-0.25, -0.2) is 4.99 Å². The molecule has 2 aromatic carbocycles. The molecule has 0 saturated heterocycles. The molecule has 1 atom stereocenters. The smallest absolute Gasteiger partial charge is 0.227 e. The molecule has 0 fully saturated rings. The number of benzene rings is 2. The van der Waals surface area contributed by atoms with Crippen molar-refractivity contribution in [2.45, 2.75) is 6.17 Å². The van der Waals surface area contributed by atoms with Gasteiger partial charge in [0.2, 0.25) is 5.55 Å². The molecular weight excluding hydrogens is 326 g/mol. The highest BCUT2D eigenvalue weighted by Gasteiger charge is 2.23. The number of hydrogen-bond acceptors (Lipinski definition) is 5. The molecule has 2 heterocycles. The molecule has 0 spiro atoms. The average molecular weight is 345 g/mol. The molecular formula is C21H19N3O2. The number of methoxy groups -OCH3 is 1. The number of ether oxygens (including phenoxy) is 1. The number of rotatable bonds is 4. The van der Waals surface area contributed by atoms with Gasteiger partial charge in [-0.15, -0.1) is 0 Å². The van der Waals surface area contributed by atoms with Gasteiger partial charge in [-0.05, 0) is 42.0 Å². The van der Waals surface area contributed by atoms with E-state index in [1.807, 2.05) is 77.7 Å². The minimum absolute atomic E-state index is 0.303. The minimum atomic E-state index is -0.303. The maximum Gasteiger partial charge on any atom is 0.227 e. The van der Waals surface area contributed by atoms with Crippen LogP contribution in [0, 0.1) is 0 Å². The third kappa shape index (κ3) is 2.95. The van der Waals surface area contributed by atoms with Crippen LogP contribution < -0.4 is 26.1 Å². The van der Waals surface area contributed by atoms with Gasteiger partial charge in [-0.1, -0.05) is 36.4 Å². The summed E-state index contributed by atoms with van der Waals surface area (Å²) in [6.07, 6.45) is 5.35.